The van der Waals surface area contributed by atoms with Crippen molar-refractivity contribution in [3.05, 3.63) is 48.0 Å². The summed E-state index contributed by atoms with van der Waals surface area (Å²) in [5.74, 6) is -1.86. The van der Waals surface area contributed by atoms with Crippen LogP contribution in [0, 0.1) is 23.7 Å². The number of aliphatic hydroxyl groups excluding tert-OH is 1. The van der Waals surface area contributed by atoms with Gasteiger partial charge < -0.3 is 20.6 Å². The molecule has 0 aromatic heterocycles. The van der Waals surface area contributed by atoms with Crippen molar-refractivity contribution < 1.29 is 19.5 Å². The van der Waals surface area contributed by atoms with Crippen LogP contribution in [-0.2, 0) is 20.9 Å². The number of amides is 3. The van der Waals surface area contributed by atoms with Crippen LogP contribution in [-0.4, -0.2) is 54.0 Å². The van der Waals surface area contributed by atoms with Gasteiger partial charge in [0.05, 0.1) is 11.8 Å². The lowest BCUT2D eigenvalue weighted by molar-refractivity contribution is -0.140. The average molecular weight is 442 g/mol. The highest BCUT2D eigenvalue weighted by molar-refractivity contribution is 5.96. The minimum Gasteiger partial charge on any atom is -0.396 e. The molecular weight excluding hydrogens is 406 g/mol. The predicted molar refractivity (Wildman–Crippen MR) is 122 cm³/mol. The molecule has 1 heterocycles. The molecule has 3 N–H and O–H groups in total. The number of likely N-dealkylation sites (tertiary alicyclic amines) is 1. The maximum atomic E-state index is 13.6. The third-order valence-electron chi connectivity index (χ3n) is 6.67. The van der Waals surface area contributed by atoms with E-state index in [0.717, 1.165) is 18.4 Å². The van der Waals surface area contributed by atoms with Gasteiger partial charge in [0, 0.05) is 32.7 Å². The largest absolute Gasteiger partial charge is 0.396 e. The number of hydrogen-bond donors (Lipinski definition) is 3. The Labute approximate surface area is 190 Å². The number of unbranched alkanes of at least 4 members (excludes halogenated alkanes) is 1. The Morgan fingerprint density at radius 1 is 1.09 bits per heavy atom. The SMILES string of the molecule is CCC[C@@H]1C=C[C@H]2[C@@H](C(=O)N(CCCCO)[C@@H]2C(=O)NCc2ccccc2)[C@@H]1C(=O)NC. The fourth-order valence-electron chi connectivity index (χ4n) is 5.15. The Kier molecular flexibility index (Phi) is 8.45. The number of aliphatic hydroxyl groups is 1. The Morgan fingerprint density at radius 2 is 1.84 bits per heavy atom. The van der Waals surface area contributed by atoms with Gasteiger partial charge in [-0.3, -0.25) is 14.4 Å². The van der Waals surface area contributed by atoms with E-state index < -0.39 is 17.9 Å². The smallest absolute Gasteiger partial charge is 0.243 e. The Balaban J connectivity index is 1.88. The molecule has 0 bridgehead atoms. The summed E-state index contributed by atoms with van der Waals surface area (Å²) in [6.45, 7) is 2.88. The molecule has 7 nitrogen and oxygen atoms in total. The third kappa shape index (κ3) is 5.04. The molecule has 1 aromatic carbocycles. The fourth-order valence-corrected chi connectivity index (χ4v) is 5.15. The lowest BCUT2D eigenvalue weighted by atomic mass is 9.68. The van der Waals surface area contributed by atoms with Gasteiger partial charge >= 0.3 is 0 Å². The quantitative estimate of drug-likeness (QED) is 0.381. The third-order valence-corrected chi connectivity index (χ3v) is 6.67. The maximum Gasteiger partial charge on any atom is 0.243 e. The molecule has 7 heteroatoms. The summed E-state index contributed by atoms with van der Waals surface area (Å²) < 4.78 is 0. The van der Waals surface area contributed by atoms with Crippen molar-refractivity contribution >= 4 is 17.7 Å². The number of rotatable bonds is 10. The van der Waals surface area contributed by atoms with Crippen LogP contribution in [0.25, 0.3) is 0 Å². The minimum atomic E-state index is -0.652. The molecule has 0 radical (unpaired) electrons. The van der Waals surface area contributed by atoms with Gasteiger partial charge in [-0.2, -0.15) is 0 Å². The number of fused-ring (bicyclic) bond motifs is 1. The normalized spacial score (nSPS) is 26.7. The molecule has 3 rings (SSSR count). The Morgan fingerprint density at radius 3 is 2.50 bits per heavy atom. The fraction of sp³-hybridized carbons (Fsp3) is 0.560. The molecule has 0 saturated carbocycles. The van der Waals surface area contributed by atoms with Gasteiger partial charge in [0.1, 0.15) is 6.04 Å². The summed E-state index contributed by atoms with van der Waals surface area (Å²) in [6.07, 6.45) is 6.92. The highest BCUT2D eigenvalue weighted by atomic mass is 16.3. The van der Waals surface area contributed by atoms with Gasteiger partial charge in [0.2, 0.25) is 17.7 Å². The maximum absolute atomic E-state index is 13.6. The summed E-state index contributed by atoms with van der Waals surface area (Å²) in [7, 11) is 1.60. The summed E-state index contributed by atoms with van der Waals surface area (Å²) >= 11 is 0. The lowest BCUT2D eigenvalue weighted by Crippen LogP contribution is -2.47. The number of allylic oxidation sites excluding steroid dienone is 1. The number of hydrogen-bond acceptors (Lipinski definition) is 4. The first-order chi connectivity index (χ1) is 15.5. The highest BCUT2D eigenvalue weighted by Gasteiger charge is 2.56. The zero-order valence-electron chi connectivity index (χ0n) is 19.0. The minimum absolute atomic E-state index is 0.0180. The molecule has 32 heavy (non-hydrogen) atoms. The van der Waals surface area contributed by atoms with Crippen molar-refractivity contribution in [3.63, 3.8) is 0 Å². The first-order valence-corrected chi connectivity index (χ1v) is 11.7. The summed E-state index contributed by atoms with van der Waals surface area (Å²) in [6, 6.07) is 9.00. The Hall–Kier alpha value is -2.67. The monoisotopic (exact) mass is 441 g/mol. The molecule has 174 valence electrons. The molecule has 5 atom stereocenters. The molecule has 0 spiro atoms. The number of benzene rings is 1. The lowest BCUT2D eigenvalue weighted by Gasteiger charge is -2.34. The average Bonchev–Trinajstić information content (AvgIpc) is 3.09. The number of nitrogens with one attached hydrogen (secondary N) is 2. The van der Waals surface area contributed by atoms with E-state index in [9.17, 15) is 19.5 Å². The molecular formula is C25H35N3O4. The van der Waals surface area contributed by atoms with E-state index in [1.165, 1.54) is 0 Å². The van der Waals surface area contributed by atoms with E-state index >= 15 is 0 Å². The van der Waals surface area contributed by atoms with Crippen LogP contribution in [0.1, 0.15) is 38.2 Å². The first kappa shape index (κ1) is 24.0. The van der Waals surface area contributed by atoms with E-state index in [1.807, 2.05) is 42.5 Å². The molecule has 3 amide bonds. The zero-order valence-corrected chi connectivity index (χ0v) is 19.0. The summed E-state index contributed by atoms with van der Waals surface area (Å²) in [5, 5.41) is 14.9. The van der Waals surface area contributed by atoms with Gasteiger partial charge in [0.15, 0.2) is 0 Å². The van der Waals surface area contributed by atoms with Crippen molar-refractivity contribution in [3.8, 4) is 0 Å². The van der Waals surface area contributed by atoms with Crippen LogP contribution in [0.5, 0.6) is 0 Å². The number of nitrogens with zero attached hydrogens (tertiary/aromatic N) is 1. The highest BCUT2D eigenvalue weighted by Crippen LogP contribution is 2.45. The van der Waals surface area contributed by atoms with Crippen molar-refractivity contribution in [2.24, 2.45) is 23.7 Å². The number of carbonyl (C=O) groups is 3. The van der Waals surface area contributed by atoms with Gasteiger partial charge in [-0.15, -0.1) is 0 Å². The molecule has 2 aliphatic rings. The molecule has 1 saturated heterocycles. The zero-order chi connectivity index (χ0) is 23.1. The van der Waals surface area contributed by atoms with Crippen LogP contribution in [0.3, 0.4) is 0 Å². The second kappa shape index (κ2) is 11.3. The molecule has 1 fully saturated rings. The Bertz CT molecular complexity index is 826. The van der Waals surface area contributed by atoms with E-state index in [1.54, 1.807) is 11.9 Å². The van der Waals surface area contributed by atoms with Gasteiger partial charge in [-0.05, 0) is 30.7 Å². The second-order valence-electron chi connectivity index (χ2n) is 8.69. The van der Waals surface area contributed by atoms with Crippen LogP contribution in [0.15, 0.2) is 42.5 Å². The van der Waals surface area contributed by atoms with E-state index in [0.29, 0.717) is 25.9 Å². The standard InChI is InChI=1S/C25H35N3O4/c1-3-9-18-12-13-19-21(20(18)23(30)26-2)25(32)28(14-7-8-15-29)22(19)24(31)27-16-17-10-5-4-6-11-17/h4-6,10-13,18-22,29H,3,7-9,14-16H2,1-2H3,(H,26,30)(H,27,31)/t18-,19+,20-,21-,22+/m1/s1. The van der Waals surface area contributed by atoms with E-state index in [-0.39, 0.29) is 36.2 Å². The van der Waals surface area contributed by atoms with Crippen molar-refractivity contribution in [2.75, 3.05) is 20.2 Å². The molecule has 1 aromatic rings. The molecule has 1 aliphatic heterocycles. The van der Waals surface area contributed by atoms with Gasteiger partial charge in [-0.25, -0.2) is 0 Å². The van der Waals surface area contributed by atoms with Crippen LogP contribution in [0.2, 0.25) is 0 Å². The summed E-state index contributed by atoms with van der Waals surface area (Å²) in [4.78, 5) is 41.4. The van der Waals surface area contributed by atoms with Crippen LogP contribution in [0.4, 0.5) is 0 Å². The topological polar surface area (TPSA) is 98.7 Å². The van der Waals surface area contributed by atoms with Crippen LogP contribution >= 0.6 is 0 Å². The van der Waals surface area contributed by atoms with E-state index in [4.69, 9.17) is 0 Å². The molecule has 1 aliphatic carbocycles. The van der Waals surface area contributed by atoms with Crippen molar-refractivity contribution in [1.29, 1.82) is 0 Å². The predicted octanol–water partition coefficient (Wildman–Crippen LogP) is 1.87. The molecule has 0 unspecified atom stereocenters. The van der Waals surface area contributed by atoms with Crippen molar-refractivity contribution in [2.45, 2.75) is 45.2 Å². The second-order valence-corrected chi connectivity index (χ2v) is 8.69. The van der Waals surface area contributed by atoms with Gasteiger partial charge in [-0.1, -0.05) is 55.8 Å². The summed E-state index contributed by atoms with van der Waals surface area (Å²) in [5.41, 5.74) is 0.985. The van der Waals surface area contributed by atoms with Gasteiger partial charge in [0.25, 0.3) is 0 Å². The van der Waals surface area contributed by atoms with Crippen molar-refractivity contribution in [1.82, 2.24) is 15.5 Å². The van der Waals surface area contributed by atoms with E-state index in [2.05, 4.69) is 17.6 Å². The van der Waals surface area contributed by atoms with Crippen LogP contribution < -0.4 is 10.6 Å². The number of carbonyl (C=O) groups excluding carboxylic acids is 3. The first-order valence-electron chi connectivity index (χ1n) is 11.7.